The Balaban J connectivity index is 0.000000227. The predicted octanol–water partition coefficient (Wildman–Crippen LogP) is 7.00. The molecule has 0 aromatic heterocycles. The average Bonchev–Trinajstić information content (AvgIpc) is 3.41. The molecule has 4 fully saturated rings. The summed E-state index contributed by atoms with van der Waals surface area (Å²) in [5.74, 6) is 0.856. The molecule has 4 saturated heterocycles. The van der Waals surface area contributed by atoms with E-state index in [0.717, 1.165) is 64.2 Å². The van der Waals surface area contributed by atoms with E-state index < -0.39 is 21.3 Å². The molecule has 2 atom stereocenters. The number of carbonyl (C=O) groups excluding carboxylic acids is 4. The minimum absolute atomic E-state index is 0.0250. The lowest BCUT2D eigenvalue weighted by Crippen LogP contribution is -2.50. The van der Waals surface area contributed by atoms with Crippen molar-refractivity contribution in [2.45, 2.75) is 102 Å². The first-order chi connectivity index (χ1) is 37.2. The summed E-state index contributed by atoms with van der Waals surface area (Å²) < 4.78 is 62.3. The number of nitrogens with one attached hydrogen (secondary N) is 3. The Hall–Kier alpha value is -5.33. The van der Waals surface area contributed by atoms with Crippen molar-refractivity contribution in [2.75, 3.05) is 117 Å². The van der Waals surface area contributed by atoms with Gasteiger partial charge in [0.25, 0.3) is 21.9 Å². The maximum absolute atomic E-state index is 12.7. The van der Waals surface area contributed by atoms with Gasteiger partial charge in [0, 0.05) is 84.1 Å². The molecule has 7 N–H and O–H groups in total. The zero-order chi connectivity index (χ0) is 58.1. The fraction of sp³-hybridized carbons (Fsp3) is 0.600. The van der Waals surface area contributed by atoms with E-state index >= 15 is 0 Å². The molecule has 4 heterocycles. The van der Waals surface area contributed by atoms with Gasteiger partial charge >= 0.3 is 12.2 Å². The molecule has 4 aliphatic rings. The SMILES string of the molecule is COc1cc(N)c(Cl)cc1C(=O)NCC1CN(CC2CCN(C(=O)OC(C)(C)C)CC2)CCO1.COc1cc(N)c(Cl)cc1C(=O)NCC1CNCCO1.Cc1ccc(S(=O)(=O)OCC2CCN(C(=O)OC(C)(C)C)CC2)cc1. The van der Waals surface area contributed by atoms with Gasteiger partial charge in [-0.05, 0) is 110 Å². The van der Waals surface area contributed by atoms with E-state index in [1.165, 1.54) is 32.4 Å². The number of halogens is 2. The van der Waals surface area contributed by atoms with Crippen LogP contribution in [0.5, 0.6) is 11.5 Å². The first kappa shape index (κ1) is 64.5. The van der Waals surface area contributed by atoms with Crippen LogP contribution < -0.4 is 36.9 Å². The number of benzene rings is 3. The Bertz CT molecular complexity index is 2600. The highest BCUT2D eigenvalue weighted by molar-refractivity contribution is 7.86. The molecule has 4 aliphatic heterocycles. The molecule has 3 aromatic rings. The van der Waals surface area contributed by atoms with Crippen molar-refractivity contribution < 1.29 is 60.2 Å². The second kappa shape index (κ2) is 29.9. The molecule has 0 bridgehead atoms. The summed E-state index contributed by atoms with van der Waals surface area (Å²) in [5, 5.41) is 9.56. The quantitative estimate of drug-likeness (QED) is 0.0803. The molecular weight excluding hydrogens is 1080 g/mol. The highest BCUT2D eigenvalue weighted by atomic mass is 35.5. The summed E-state index contributed by atoms with van der Waals surface area (Å²) in [6, 6.07) is 12.7. The van der Waals surface area contributed by atoms with Crippen LogP contribution in [0.4, 0.5) is 21.0 Å². The van der Waals surface area contributed by atoms with Crippen molar-refractivity contribution in [2.24, 2.45) is 11.8 Å². The summed E-state index contributed by atoms with van der Waals surface area (Å²) in [7, 11) is -0.770. The molecule has 0 radical (unpaired) electrons. The number of rotatable bonds is 14. The van der Waals surface area contributed by atoms with E-state index in [1.807, 2.05) is 48.5 Å². The molecule has 3 aromatic carbocycles. The van der Waals surface area contributed by atoms with Crippen molar-refractivity contribution in [3.05, 3.63) is 75.3 Å². The molecule has 7 rings (SSSR count). The molecule has 2 unspecified atom stereocenters. The molecule has 0 saturated carbocycles. The summed E-state index contributed by atoms with van der Waals surface area (Å²) in [6.07, 6.45) is 2.63. The lowest BCUT2D eigenvalue weighted by molar-refractivity contribution is -0.0342. The van der Waals surface area contributed by atoms with Gasteiger partial charge in [-0.1, -0.05) is 40.9 Å². The molecule has 4 amide bonds. The van der Waals surface area contributed by atoms with E-state index in [4.69, 9.17) is 67.3 Å². The molecule has 0 spiro atoms. The summed E-state index contributed by atoms with van der Waals surface area (Å²) in [5.41, 5.74) is 12.9. The van der Waals surface area contributed by atoms with Crippen LogP contribution in [-0.4, -0.2) is 177 Å². The van der Waals surface area contributed by atoms with Crippen molar-refractivity contribution >= 4 is 68.7 Å². The van der Waals surface area contributed by atoms with E-state index in [0.29, 0.717) is 102 Å². The number of hydrogen-bond donors (Lipinski definition) is 5. The smallest absolute Gasteiger partial charge is 0.410 e. The second-order valence-electron chi connectivity index (χ2n) is 21.9. The zero-order valence-electron chi connectivity index (χ0n) is 47.1. The topological polar surface area (TPSA) is 265 Å². The number of anilines is 2. The first-order valence-corrected chi connectivity index (χ1v) is 28.8. The maximum atomic E-state index is 12.7. The van der Waals surface area contributed by atoms with Crippen LogP contribution in [0.1, 0.15) is 93.5 Å². The molecule has 0 aliphatic carbocycles. The summed E-state index contributed by atoms with van der Waals surface area (Å²) in [4.78, 5) is 55.2. The normalized spacial score (nSPS) is 18.7. The van der Waals surface area contributed by atoms with Crippen LogP contribution in [0.15, 0.2) is 53.4 Å². The number of nitrogens with two attached hydrogens (primary N) is 2. The number of ether oxygens (including phenoxy) is 6. The molecular formula is C55H82Cl2N8O13S. The molecule has 440 valence electrons. The number of carbonyl (C=O) groups is 4. The van der Waals surface area contributed by atoms with Crippen LogP contribution in [-0.2, 0) is 33.2 Å². The van der Waals surface area contributed by atoms with Gasteiger partial charge in [0.1, 0.15) is 22.7 Å². The number of aryl methyl sites for hydroxylation is 1. The third-order valence-electron chi connectivity index (χ3n) is 13.2. The van der Waals surface area contributed by atoms with Crippen LogP contribution >= 0.6 is 23.2 Å². The number of hydrogen-bond acceptors (Lipinski definition) is 17. The highest BCUT2D eigenvalue weighted by Gasteiger charge is 2.31. The summed E-state index contributed by atoms with van der Waals surface area (Å²) in [6.45, 7) is 21.9. The van der Waals surface area contributed by atoms with Gasteiger partial charge in [-0.25, -0.2) is 9.59 Å². The van der Waals surface area contributed by atoms with E-state index in [2.05, 4.69) is 20.9 Å². The molecule has 79 heavy (non-hydrogen) atoms. The Kier molecular flexibility index (Phi) is 24.4. The Labute approximate surface area is 476 Å². The van der Waals surface area contributed by atoms with Gasteiger partial charge in [0.2, 0.25) is 0 Å². The van der Waals surface area contributed by atoms with Gasteiger partial charge in [0.15, 0.2) is 0 Å². The van der Waals surface area contributed by atoms with Crippen LogP contribution in [0.25, 0.3) is 0 Å². The maximum Gasteiger partial charge on any atom is 0.410 e. The lowest BCUT2D eigenvalue weighted by atomic mass is 9.96. The lowest BCUT2D eigenvalue weighted by Gasteiger charge is -2.38. The molecule has 21 nitrogen and oxygen atoms in total. The number of methoxy groups -OCH3 is 2. The van der Waals surface area contributed by atoms with E-state index in [1.54, 1.807) is 40.1 Å². The van der Waals surface area contributed by atoms with Gasteiger partial charge in [-0.3, -0.25) is 18.7 Å². The van der Waals surface area contributed by atoms with E-state index in [-0.39, 0.29) is 53.6 Å². The second-order valence-corrected chi connectivity index (χ2v) is 24.3. The Morgan fingerprint density at radius 3 is 1.62 bits per heavy atom. The van der Waals surface area contributed by atoms with Crippen molar-refractivity contribution in [1.29, 1.82) is 0 Å². The predicted molar refractivity (Wildman–Crippen MR) is 304 cm³/mol. The third kappa shape index (κ3) is 21.3. The fourth-order valence-electron chi connectivity index (χ4n) is 8.81. The monoisotopic (exact) mass is 1160 g/mol. The highest BCUT2D eigenvalue weighted by Crippen LogP contribution is 2.31. The molecule has 24 heteroatoms. The van der Waals surface area contributed by atoms with Crippen LogP contribution in [0.3, 0.4) is 0 Å². The Morgan fingerprint density at radius 1 is 0.696 bits per heavy atom. The average molecular weight is 1170 g/mol. The zero-order valence-corrected chi connectivity index (χ0v) is 49.5. The first-order valence-electron chi connectivity index (χ1n) is 26.6. The van der Waals surface area contributed by atoms with E-state index in [9.17, 15) is 27.6 Å². The number of nitrogen functional groups attached to an aromatic ring is 2. The van der Waals surface area contributed by atoms with Crippen molar-refractivity contribution in [1.82, 2.24) is 30.7 Å². The van der Waals surface area contributed by atoms with Gasteiger partial charge < -0.3 is 65.6 Å². The minimum atomic E-state index is -3.74. The number of likely N-dealkylation sites (tertiary alicyclic amines) is 2. The standard InChI is InChI=1S/C24H37ClN4O5.C18H27NO5S.C13H18ClN3O3/c1-24(2,3)34-23(31)29-7-5-16(6-8-29)14-28-9-10-33-17(15-28)13-27-22(30)18-11-19(25)20(26)12-21(18)32-4;1-14-5-7-16(8-6-14)25(21,22)23-13-15-9-11-19(12-10-15)17(20)24-18(2,3)4;1-19-12-5-11(15)10(14)4-9(12)13(18)17-7-8-6-16-2-3-20-8/h11-12,16-17H,5-10,13-15,26H2,1-4H3,(H,27,30);5-8,15H,9-13H2,1-4H3;4-5,8,16H,2-3,6-7,15H2,1H3,(H,17,18). The van der Waals surface area contributed by atoms with Gasteiger partial charge in [-0.15, -0.1) is 0 Å². The largest absolute Gasteiger partial charge is 0.496 e. The van der Waals surface area contributed by atoms with Crippen LogP contribution in [0.2, 0.25) is 10.0 Å². The van der Waals surface area contributed by atoms with Crippen molar-refractivity contribution in [3.8, 4) is 11.5 Å². The number of morpholine rings is 2. The number of nitrogens with zero attached hydrogens (tertiary/aromatic N) is 3. The summed E-state index contributed by atoms with van der Waals surface area (Å²) >= 11 is 12.0. The van der Waals surface area contributed by atoms with Crippen LogP contribution in [0, 0.1) is 18.8 Å². The van der Waals surface area contributed by atoms with Crippen molar-refractivity contribution in [3.63, 3.8) is 0 Å². The third-order valence-corrected chi connectivity index (χ3v) is 15.1. The van der Waals surface area contributed by atoms with Gasteiger partial charge in [0.05, 0.1) is 83.7 Å². The number of amides is 4. The fourth-order valence-corrected chi connectivity index (χ4v) is 10.1. The number of piperidine rings is 2. The minimum Gasteiger partial charge on any atom is -0.496 e. The van der Waals surface area contributed by atoms with Gasteiger partial charge in [-0.2, -0.15) is 8.42 Å². The Morgan fingerprint density at radius 2 is 1.16 bits per heavy atom.